The minimum atomic E-state index is -0.985. The van der Waals surface area contributed by atoms with E-state index in [1.165, 1.54) is 0 Å². The summed E-state index contributed by atoms with van der Waals surface area (Å²) < 4.78 is 0. The Kier molecular flexibility index (Phi) is 2.47. The van der Waals surface area contributed by atoms with Gasteiger partial charge in [0.05, 0.1) is 6.17 Å². The van der Waals surface area contributed by atoms with Crippen molar-refractivity contribution >= 4 is 6.09 Å². The van der Waals surface area contributed by atoms with Crippen molar-refractivity contribution in [2.75, 3.05) is 19.6 Å². The highest BCUT2D eigenvalue weighted by atomic mass is 16.4. The average molecular weight is 145 g/mol. The Bertz CT molecular complexity index is 122. The summed E-state index contributed by atoms with van der Waals surface area (Å²) >= 11 is 0. The van der Waals surface area contributed by atoms with Gasteiger partial charge in [-0.05, 0) is 0 Å². The Balaban J connectivity index is 2.19. The van der Waals surface area contributed by atoms with Crippen LogP contribution in [-0.4, -0.2) is 37.0 Å². The van der Waals surface area contributed by atoms with Crippen molar-refractivity contribution < 1.29 is 9.90 Å². The standard InChI is InChI=1S/C5H11N3O2/c9-5(10)8-4-3-6-1-2-7-4/h4,6-8H,1-3H2,(H,9,10)/t4-/m1/s1. The van der Waals surface area contributed by atoms with Gasteiger partial charge >= 0.3 is 6.09 Å². The molecule has 1 saturated heterocycles. The third-order valence-electron chi connectivity index (χ3n) is 1.34. The Morgan fingerprint density at radius 3 is 2.90 bits per heavy atom. The lowest BCUT2D eigenvalue weighted by Crippen LogP contribution is -2.56. The topological polar surface area (TPSA) is 73.4 Å². The van der Waals surface area contributed by atoms with Gasteiger partial charge in [0, 0.05) is 19.6 Å². The van der Waals surface area contributed by atoms with Crippen molar-refractivity contribution in [1.29, 1.82) is 0 Å². The quantitative estimate of drug-likeness (QED) is 0.373. The molecule has 1 aliphatic heterocycles. The molecule has 0 aromatic rings. The lowest BCUT2D eigenvalue weighted by Gasteiger charge is -2.23. The van der Waals surface area contributed by atoms with Gasteiger partial charge in [0.1, 0.15) is 0 Å². The molecule has 1 fully saturated rings. The zero-order valence-corrected chi connectivity index (χ0v) is 5.55. The highest BCUT2D eigenvalue weighted by molar-refractivity contribution is 5.64. The van der Waals surface area contributed by atoms with Crippen LogP contribution in [-0.2, 0) is 0 Å². The van der Waals surface area contributed by atoms with E-state index in [1.807, 2.05) is 0 Å². The van der Waals surface area contributed by atoms with E-state index in [9.17, 15) is 4.79 Å². The third kappa shape index (κ3) is 2.20. The molecule has 1 atom stereocenters. The Labute approximate surface area is 58.8 Å². The van der Waals surface area contributed by atoms with E-state index in [1.54, 1.807) is 0 Å². The highest BCUT2D eigenvalue weighted by Gasteiger charge is 2.12. The molecule has 10 heavy (non-hydrogen) atoms. The third-order valence-corrected chi connectivity index (χ3v) is 1.34. The fourth-order valence-electron chi connectivity index (χ4n) is 0.904. The van der Waals surface area contributed by atoms with E-state index in [0.717, 1.165) is 13.1 Å². The van der Waals surface area contributed by atoms with Crippen LogP contribution in [0.2, 0.25) is 0 Å². The molecule has 0 aromatic carbocycles. The zero-order chi connectivity index (χ0) is 7.40. The summed E-state index contributed by atoms with van der Waals surface area (Å²) in [5, 5.41) is 16.7. The first-order chi connectivity index (χ1) is 4.79. The first kappa shape index (κ1) is 7.30. The van der Waals surface area contributed by atoms with Crippen LogP contribution < -0.4 is 16.0 Å². The smallest absolute Gasteiger partial charge is 0.405 e. The van der Waals surface area contributed by atoms with Crippen LogP contribution >= 0.6 is 0 Å². The van der Waals surface area contributed by atoms with Crippen molar-refractivity contribution in [3.63, 3.8) is 0 Å². The van der Waals surface area contributed by atoms with E-state index in [2.05, 4.69) is 16.0 Å². The van der Waals surface area contributed by atoms with Crippen LogP contribution in [0, 0.1) is 0 Å². The lowest BCUT2D eigenvalue weighted by molar-refractivity contribution is 0.185. The SMILES string of the molecule is O=C(O)N[C@@H]1CNCCN1. The number of nitrogens with one attached hydrogen (secondary N) is 3. The molecule has 0 spiro atoms. The number of piperazine rings is 1. The van der Waals surface area contributed by atoms with Crippen LogP contribution in [0.3, 0.4) is 0 Å². The molecule has 0 bridgehead atoms. The average Bonchev–Trinajstić information content (AvgIpc) is 1.88. The molecule has 0 radical (unpaired) electrons. The van der Waals surface area contributed by atoms with Crippen LogP contribution in [0.4, 0.5) is 4.79 Å². The zero-order valence-electron chi connectivity index (χ0n) is 5.55. The number of rotatable bonds is 1. The molecule has 1 amide bonds. The molecule has 0 unspecified atom stereocenters. The van der Waals surface area contributed by atoms with Gasteiger partial charge in [-0.3, -0.25) is 5.32 Å². The van der Waals surface area contributed by atoms with Gasteiger partial charge in [0.15, 0.2) is 0 Å². The van der Waals surface area contributed by atoms with Gasteiger partial charge in [-0.1, -0.05) is 0 Å². The molecule has 5 heteroatoms. The molecule has 4 N–H and O–H groups in total. The Hall–Kier alpha value is -0.810. The van der Waals surface area contributed by atoms with Crippen molar-refractivity contribution in [2.24, 2.45) is 0 Å². The van der Waals surface area contributed by atoms with E-state index in [-0.39, 0.29) is 6.17 Å². The van der Waals surface area contributed by atoms with Crippen LogP contribution in [0.15, 0.2) is 0 Å². The van der Waals surface area contributed by atoms with E-state index < -0.39 is 6.09 Å². The van der Waals surface area contributed by atoms with Crippen molar-refractivity contribution in [3.8, 4) is 0 Å². The van der Waals surface area contributed by atoms with Gasteiger partial charge < -0.3 is 15.7 Å². The fraction of sp³-hybridized carbons (Fsp3) is 0.800. The van der Waals surface area contributed by atoms with Gasteiger partial charge in [0.25, 0.3) is 0 Å². The number of hydrogen-bond donors (Lipinski definition) is 4. The molecule has 1 rings (SSSR count). The van der Waals surface area contributed by atoms with Gasteiger partial charge in [0.2, 0.25) is 0 Å². The van der Waals surface area contributed by atoms with Gasteiger partial charge in [-0.2, -0.15) is 0 Å². The number of amides is 1. The maximum absolute atomic E-state index is 10.1. The van der Waals surface area contributed by atoms with Gasteiger partial charge in [-0.25, -0.2) is 4.79 Å². The van der Waals surface area contributed by atoms with Crippen molar-refractivity contribution in [2.45, 2.75) is 6.17 Å². The maximum atomic E-state index is 10.1. The summed E-state index contributed by atoms with van der Waals surface area (Å²) in [5.41, 5.74) is 0. The monoisotopic (exact) mass is 145 g/mol. The Morgan fingerprint density at radius 2 is 2.40 bits per heavy atom. The van der Waals surface area contributed by atoms with Crippen LogP contribution in [0.5, 0.6) is 0 Å². The molecular formula is C5H11N3O2. The minimum absolute atomic E-state index is 0.133. The van der Waals surface area contributed by atoms with Crippen LogP contribution in [0.1, 0.15) is 0 Å². The minimum Gasteiger partial charge on any atom is -0.465 e. The number of carboxylic acid groups (broad SMARTS) is 1. The summed E-state index contributed by atoms with van der Waals surface area (Å²) in [7, 11) is 0. The normalized spacial score (nSPS) is 25.8. The second-order valence-corrected chi connectivity index (χ2v) is 2.16. The van der Waals surface area contributed by atoms with E-state index in [0.29, 0.717) is 6.54 Å². The predicted molar refractivity (Wildman–Crippen MR) is 35.8 cm³/mol. The molecule has 1 heterocycles. The highest BCUT2D eigenvalue weighted by Crippen LogP contribution is 1.80. The lowest BCUT2D eigenvalue weighted by atomic mass is 10.4. The number of carbonyl (C=O) groups is 1. The summed E-state index contributed by atoms with van der Waals surface area (Å²) in [6.45, 7) is 2.37. The first-order valence-corrected chi connectivity index (χ1v) is 3.22. The maximum Gasteiger partial charge on any atom is 0.405 e. The largest absolute Gasteiger partial charge is 0.465 e. The molecule has 5 nitrogen and oxygen atoms in total. The molecule has 1 aliphatic rings. The fourth-order valence-corrected chi connectivity index (χ4v) is 0.904. The van der Waals surface area contributed by atoms with Gasteiger partial charge in [-0.15, -0.1) is 0 Å². The molecule has 58 valence electrons. The number of hydrogen-bond acceptors (Lipinski definition) is 3. The predicted octanol–water partition coefficient (Wildman–Crippen LogP) is -1.23. The molecule has 0 saturated carbocycles. The molecule has 0 aliphatic carbocycles. The van der Waals surface area contributed by atoms with Crippen molar-refractivity contribution in [1.82, 2.24) is 16.0 Å². The van der Waals surface area contributed by atoms with E-state index in [4.69, 9.17) is 5.11 Å². The molecule has 0 aromatic heterocycles. The Morgan fingerprint density at radius 1 is 1.60 bits per heavy atom. The second kappa shape index (κ2) is 3.38. The molecular weight excluding hydrogens is 134 g/mol. The van der Waals surface area contributed by atoms with Crippen LogP contribution in [0.25, 0.3) is 0 Å². The summed E-state index contributed by atoms with van der Waals surface area (Å²) in [6.07, 6.45) is -1.12. The summed E-state index contributed by atoms with van der Waals surface area (Å²) in [4.78, 5) is 10.1. The first-order valence-electron chi connectivity index (χ1n) is 3.22. The second-order valence-electron chi connectivity index (χ2n) is 2.16. The summed E-state index contributed by atoms with van der Waals surface area (Å²) in [5.74, 6) is 0. The van der Waals surface area contributed by atoms with E-state index >= 15 is 0 Å². The summed E-state index contributed by atoms with van der Waals surface area (Å²) in [6, 6.07) is 0. The van der Waals surface area contributed by atoms with Crippen molar-refractivity contribution in [3.05, 3.63) is 0 Å².